The molecule has 1 N–H and O–H groups in total. The lowest BCUT2D eigenvalue weighted by atomic mass is 9.95. The molecule has 1 aliphatic carbocycles. The maximum atomic E-state index is 10.9. The Bertz CT molecular complexity index is 132. The minimum absolute atomic E-state index is 0.122. The monoisotopic (exact) mass is 219 g/mol. The van der Waals surface area contributed by atoms with E-state index < -0.39 is 0 Å². The smallest absolute Gasteiger partial charge is 0.230 e. The van der Waals surface area contributed by atoms with Crippen LogP contribution in [-0.2, 0) is 4.79 Å². The molecule has 0 aromatic carbocycles. The largest absolute Gasteiger partial charge is 0.353 e. The summed E-state index contributed by atoms with van der Waals surface area (Å²) in [4.78, 5) is 10.9. The SMILES string of the molecule is O=C(CBr)NC1CCCCC1. The Morgan fingerprint density at radius 2 is 2.00 bits per heavy atom. The molecular weight excluding hydrogens is 206 g/mol. The molecule has 1 saturated carbocycles. The molecule has 0 heterocycles. The molecule has 1 fully saturated rings. The van der Waals surface area contributed by atoms with Gasteiger partial charge in [0.2, 0.25) is 5.91 Å². The second kappa shape index (κ2) is 4.75. The molecule has 0 aliphatic heterocycles. The normalized spacial score (nSPS) is 19.7. The van der Waals surface area contributed by atoms with Gasteiger partial charge in [-0.3, -0.25) is 4.79 Å². The number of nitrogens with one attached hydrogen (secondary N) is 1. The van der Waals surface area contributed by atoms with Gasteiger partial charge in [0.05, 0.1) is 5.33 Å². The number of hydrogen-bond acceptors (Lipinski definition) is 1. The number of amides is 1. The number of carbonyl (C=O) groups excluding carboxylic acids is 1. The number of alkyl halides is 1. The highest BCUT2D eigenvalue weighted by Crippen LogP contribution is 2.17. The first-order valence-electron chi connectivity index (χ1n) is 4.18. The van der Waals surface area contributed by atoms with Gasteiger partial charge in [0.15, 0.2) is 0 Å². The van der Waals surface area contributed by atoms with Crippen molar-refractivity contribution in [3.63, 3.8) is 0 Å². The average molecular weight is 220 g/mol. The number of carbonyl (C=O) groups is 1. The van der Waals surface area contributed by atoms with Crippen LogP contribution >= 0.6 is 15.9 Å². The molecular formula is C8H14BrNO. The van der Waals surface area contributed by atoms with Gasteiger partial charge in [-0.25, -0.2) is 0 Å². The molecule has 1 aliphatic rings. The molecule has 0 aromatic rings. The van der Waals surface area contributed by atoms with Gasteiger partial charge in [-0.05, 0) is 12.8 Å². The maximum Gasteiger partial charge on any atom is 0.230 e. The van der Waals surface area contributed by atoms with Crippen molar-refractivity contribution in [2.45, 2.75) is 38.1 Å². The number of rotatable bonds is 2. The van der Waals surface area contributed by atoms with Crippen LogP contribution in [0.3, 0.4) is 0 Å². The van der Waals surface area contributed by atoms with Crippen LogP contribution in [0.4, 0.5) is 0 Å². The lowest BCUT2D eigenvalue weighted by Crippen LogP contribution is -2.36. The third-order valence-corrected chi connectivity index (χ3v) is 2.60. The fraction of sp³-hybridized carbons (Fsp3) is 0.875. The Morgan fingerprint density at radius 1 is 1.36 bits per heavy atom. The molecule has 1 amide bonds. The highest BCUT2D eigenvalue weighted by atomic mass is 79.9. The summed E-state index contributed by atoms with van der Waals surface area (Å²) in [6.07, 6.45) is 6.21. The van der Waals surface area contributed by atoms with E-state index in [4.69, 9.17) is 0 Å². The van der Waals surface area contributed by atoms with E-state index in [0.717, 1.165) is 0 Å². The Kier molecular flexibility index (Phi) is 3.91. The zero-order valence-electron chi connectivity index (χ0n) is 6.61. The van der Waals surface area contributed by atoms with Crippen LogP contribution < -0.4 is 5.32 Å². The van der Waals surface area contributed by atoms with Crippen LogP contribution in [0, 0.1) is 0 Å². The first-order valence-corrected chi connectivity index (χ1v) is 5.30. The molecule has 0 saturated heterocycles. The van der Waals surface area contributed by atoms with Gasteiger partial charge in [-0.2, -0.15) is 0 Å². The van der Waals surface area contributed by atoms with Crippen LogP contribution in [0.5, 0.6) is 0 Å². The van der Waals surface area contributed by atoms with Crippen LogP contribution in [0.25, 0.3) is 0 Å². The minimum atomic E-state index is 0.122. The van der Waals surface area contributed by atoms with Crippen LogP contribution in [-0.4, -0.2) is 17.3 Å². The van der Waals surface area contributed by atoms with E-state index in [0.29, 0.717) is 11.4 Å². The van der Waals surface area contributed by atoms with E-state index in [1.807, 2.05) is 0 Å². The summed E-state index contributed by atoms with van der Waals surface area (Å²) in [5, 5.41) is 3.42. The van der Waals surface area contributed by atoms with Crippen molar-refractivity contribution in [2.24, 2.45) is 0 Å². The number of hydrogen-bond donors (Lipinski definition) is 1. The zero-order valence-corrected chi connectivity index (χ0v) is 8.19. The van der Waals surface area contributed by atoms with Crippen molar-refractivity contribution < 1.29 is 4.79 Å². The van der Waals surface area contributed by atoms with Crippen molar-refractivity contribution in [3.8, 4) is 0 Å². The topological polar surface area (TPSA) is 29.1 Å². The van der Waals surface area contributed by atoms with Crippen LogP contribution in [0.2, 0.25) is 0 Å². The van der Waals surface area contributed by atoms with Crippen molar-refractivity contribution in [1.82, 2.24) is 5.32 Å². The van der Waals surface area contributed by atoms with Crippen molar-refractivity contribution in [2.75, 3.05) is 5.33 Å². The second-order valence-corrected chi connectivity index (χ2v) is 3.60. The quantitative estimate of drug-likeness (QED) is 0.706. The standard InChI is InChI=1S/C8H14BrNO/c9-6-8(11)10-7-4-2-1-3-5-7/h7H,1-6H2,(H,10,11). The van der Waals surface area contributed by atoms with E-state index in [-0.39, 0.29) is 5.91 Å². The predicted molar refractivity (Wildman–Crippen MR) is 48.8 cm³/mol. The molecule has 0 aromatic heterocycles. The van der Waals surface area contributed by atoms with Crippen molar-refractivity contribution in [1.29, 1.82) is 0 Å². The molecule has 0 radical (unpaired) electrons. The number of halogens is 1. The summed E-state index contributed by atoms with van der Waals surface area (Å²) in [5.74, 6) is 0.122. The molecule has 0 atom stereocenters. The van der Waals surface area contributed by atoms with E-state index in [1.165, 1.54) is 32.1 Å². The Labute approximate surface area is 75.9 Å². The molecule has 64 valence electrons. The van der Waals surface area contributed by atoms with E-state index in [9.17, 15) is 4.79 Å². The lowest BCUT2D eigenvalue weighted by Gasteiger charge is -2.22. The van der Waals surface area contributed by atoms with Crippen LogP contribution in [0.1, 0.15) is 32.1 Å². The van der Waals surface area contributed by atoms with Crippen molar-refractivity contribution in [3.05, 3.63) is 0 Å². The van der Waals surface area contributed by atoms with E-state index in [2.05, 4.69) is 21.2 Å². The summed E-state index contributed by atoms with van der Waals surface area (Å²) in [6, 6.07) is 0.453. The Balaban J connectivity index is 2.19. The Hall–Kier alpha value is -0.0500. The molecule has 2 nitrogen and oxygen atoms in total. The lowest BCUT2D eigenvalue weighted by molar-refractivity contribution is -0.119. The van der Waals surface area contributed by atoms with Gasteiger partial charge in [-0.1, -0.05) is 35.2 Å². The van der Waals surface area contributed by atoms with E-state index >= 15 is 0 Å². The fourth-order valence-corrected chi connectivity index (χ4v) is 1.68. The Morgan fingerprint density at radius 3 is 2.55 bits per heavy atom. The first kappa shape index (κ1) is 9.04. The molecule has 0 unspecified atom stereocenters. The van der Waals surface area contributed by atoms with E-state index in [1.54, 1.807) is 0 Å². The fourth-order valence-electron chi connectivity index (χ4n) is 1.51. The predicted octanol–water partition coefficient (Wildman–Crippen LogP) is 1.83. The third-order valence-electron chi connectivity index (χ3n) is 2.09. The highest BCUT2D eigenvalue weighted by molar-refractivity contribution is 9.09. The molecule has 1 rings (SSSR count). The highest BCUT2D eigenvalue weighted by Gasteiger charge is 2.14. The van der Waals surface area contributed by atoms with Gasteiger partial charge >= 0.3 is 0 Å². The van der Waals surface area contributed by atoms with Crippen molar-refractivity contribution >= 4 is 21.8 Å². The minimum Gasteiger partial charge on any atom is -0.353 e. The summed E-state index contributed by atoms with van der Waals surface area (Å²) in [5.41, 5.74) is 0. The van der Waals surface area contributed by atoms with Gasteiger partial charge < -0.3 is 5.32 Å². The van der Waals surface area contributed by atoms with Gasteiger partial charge in [0, 0.05) is 6.04 Å². The third kappa shape index (κ3) is 3.23. The van der Waals surface area contributed by atoms with Gasteiger partial charge in [-0.15, -0.1) is 0 Å². The van der Waals surface area contributed by atoms with Gasteiger partial charge in [0.25, 0.3) is 0 Å². The van der Waals surface area contributed by atoms with Gasteiger partial charge in [0.1, 0.15) is 0 Å². The molecule has 11 heavy (non-hydrogen) atoms. The van der Waals surface area contributed by atoms with Crippen LogP contribution in [0.15, 0.2) is 0 Å². The summed E-state index contributed by atoms with van der Waals surface area (Å²) < 4.78 is 0. The summed E-state index contributed by atoms with van der Waals surface area (Å²) >= 11 is 3.13. The maximum absolute atomic E-state index is 10.9. The summed E-state index contributed by atoms with van der Waals surface area (Å²) in [6.45, 7) is 0. The first-order chi connectivity index (χ1) is 5.33. The molecule has 3 heteroatoms. The molecule has 0 spiro atoms. The molecule has 0 bridgehead atoms. The second-order valence-electron chi connectivity index (χ2n) is 3.04. The average Bonchev–Trinajstić information content (AvgIpc) is 2.06. The zero-order chi connectivity index (χ0) is 8.10. The summed E-state index contributed by atoms with van der Waals surface area (Å²) in [7, 11) is 0.